The molecule has 9 nitrogen and oxygen atoms in total. The van der Waals surface area contributed by atoms with Crippen molar-refractivity contribution in [3.8, 4) is 22.8 Å². The zero-order chi connectivity index (χ0) is 17.9. The van der Waals surface area contributed by atoms with E-state index in [0.29, 0.717) is 21.5 Å². The van der Waals surface area contributed by atoms with Crippen LogP contribution in [0.2, 0.25) is 0 Å². The fourth-order valence-corrected chi connectivity index (χ4v) is 2.50. The van der Waals surface area contributed by atoms with Gasteiger partial charge in [0.25, 0.3) is 5.91 Å². The van der Waals surface area contributed by atoms with Crippen molar-refractivity contribution in [1.82, 2.24) is 15.4 Å². The predicted molar refractivity (Wildman–Crippen MR) is 86.7 cm³/mol. The molecule has 0 radical (unpaired) electrons. The Balaban J connectivity index is 2.45. The number of ether oxygens (including phenoxy) is 3. The van der Waals surface area contributed by atoms with Crippen LogP contribution in [0.4, 0.5) is 0 Å². The molecule has 0 saturated carbocycles. The number of nitrogens with two attached hydrogens (primary N) is 1. The largest absolute Gasteiger partial charge is 0.493 e. The molecule has 1 unspecified atom stereocenters. The van der Waals surface area contributed by atoms with Crippen LogP contribution in [0.1, 0.15) is 17.4 Å². The first-order valence-corrected chi connectivity index (χ1v) is 7.51. The summed E-state index contributed by atoms with van der Waals surface area (Å²) in [4.78, 5) is 22.9. The standard InChI is InChI=1S/C14H15BrN4O5/c1-6(14(21)23-3)24-12-8(15)4-7(5-9(12)22-2)10-11(13(16)20)18-19-17-10/h4-6H,1-3H3,(H2,16,20)(H,17,18,19). The third-order valence-corrected chi connectivity index (χ3v) is 3.70. The number of carbonyl (C=O) groups is 2. The van der Waals surface area contributed by atoms with E-state index in [-0.39, 0.29) is 11.4 Å². The van der Waals surface area contributed by atoms with Crippen LogP contribution in [0.5, 0.6) is 11.5 Å². The monoisotopic (exact) mass is 398 g/mol. The van der Waals surface area contributed by atoms with Crippen LogP contribution >= 0.6 is 15.9 Å². The minimum atomic E-state index is -0.834. The van der Waals surface area contributed by atoms with Crippen molar-refractivity contribution in [1.29, 1.82) is 0 Å². The predicted octanol–water partition coefficient (Wildman–Crippen LogP) is 1.28. The molecule has 1 heterocycles. The highest BCUT2D eigenvalue weighted by Crippen LogP contribution is 2.40. The highest BCUT2D eigenvalue weighted by Gasteiger charge is 2.22. The maximum Gasteiger partial charge on any atom is 0.346 e. The number of aromatic amines is 1. The quantitative estimate of drug-likeness (QED) is 0.700. The van der Waals surface area contributed by atoms with Crippen molar-refractivity contribution in [3.63, 3.8) is 0 Å². The van der Waals surface area contributed by atoms with E-state index in [4.69, 9.17) is 15.2 Å². The molecule has 1 atom stereocenters. The number of rotatable bonds is 6. The van der Waals surface area contributed by atoms with Gasteiger partial charge in [0, 0.05) is 5.56 Å². The van der Waals surface area contributed by atoms with Crippen LogP contribution in [0, 0.1) is 0 Å². The fraction of sp³-hybridized carbons (Fsp3) is 0.286. The lowest BCUT2D eigenvalue weighted by Gasteiger charge is -2.17. The number of benzene rings is 1. The number of methoxy groups -OCH3 is 2. The molecule has 0 spiro atoms. The number of H-pyrrole nitrogens is 1. The molecule has 10 heteroatoms. The van der Waals surface area contributed by atoms with Crippen LogP contribution in [0.25, 0.3) is 11.3 Å². The Labute approximate surface area is 145 Å². The number of primary amides is 1. The van der Waals surface area contributed by atoms with Crippen molar-refractivity contribution in [2.75, 3.05) is 14.2 Å². The van der Waals surface area contributed by atoms with Crippen LogP contribution < -0.4 is 15.2 Å². The fourth-order valence-electron chi connectivity index (χ4n) is 1.97. The van der Waals surface area contributed by atoms with E-state index < -0.39 is 18.0 Å². The number of esters is 1. The van der Waals surface area contributed by atoms with Crippen LogP contribution in [-0.2, 0) is 9.53 Å². The summed E-state index contributed by atoms with van der Waals surface area (Å²) in [6, 6.07) is 3.24. The van der Waals surface area contributed by atoms with Crippen molar-refractivity contribution in [2.24, 2.45) is 5.73 Å². The summed E-state index contributed by atoms with van der Waals surface area (Å²) in [6.07, 6.45) is -0.834. The van der Waals surface area contributed by atoms with E-state index in [0.717, 1.165) is 0 Å². The number of nitrogens with one attached hydrogen (secondary N) is 1. The highest BCUT2D eigenvalue weighted by atomic mass is 79.9. The molecular weight excluding hydrogens is 384 g/mol. The second kappa shape index (κ2) is 7.30. The number of nitrogens with zero attached hydrogens (tertiary/aromatic N) is 2. The molecule has 128 valence electrons. The van der Waals surface area contributed by atoms with Crippen molar-refractivity contribution in [3.05, 3.63) is 22.3 Å². The van der Waals surface area contributed by atoms with Gasteiger partial charge < -0.3 is 19.9 Å². The van der Waals surface area contributed by atoms with Gasteiger partial charge in [-0.05, 0) is 35.0 Å². The average Bonchev–Trinajstić information content (AvgIpc) is 3.05. The number of aromatic nitrogens is 3. The molecular formula is C14H15BrN4O5. The lowest BCUT2D eigenvalue weighted by atomic mass is 10.1. The number of hydrogen-bond acceptors (Lipinski definition) is 7. The molecule has 24 heavy (non-hydrogen) atoms. The molecule has 0 aliphatic rings. The molecule has 0 saturated heterocycles. The first kappa shape index (κ1) is 17.7. The Morgan fingerprint density at radius 3 is 2.58 bits per heavy atom. The lowest BCUT2D eigenvalue weighted by molar-refractivity contribution is -0.147. The zero-order valence-electron chi connectivity index (χ0n) is 13.1. The van der Waals surface area contributed by atoms with Crippen LogP contribution in [0.3, 0.4) is 0 Å². The van der Waals surface area contributed by atoms with Crippen molar-refractivity contribution >= 4 is 27.8 Å². The molecule has 1 amide bonds. The van der Waals surface area contributed by atoms with E-state index in [9.17, 15) is 9.59 Å². The van der Waals surface area contributed by atoms with Crippen molar-refractivity contribution < 1.29 is 23.8 Å². The number of halogens is 1. The Kier molecular flexibility index (Phi) is 5.39. The lowest BCUT2D eigenvalue weighted by Crippen LogP contribution is -2.25. The minimum Gasteiger partial charge on any atom is -0.493 e. The Bertz CT molecular complexity index is 777. The van der Waals surface area contributed by atoms with Gasteiger partial charge in [-0.25, -0.2) is 4.79 Å². The summed E-state index contributed by atoms with van der Waals surface area (Å²) in [6.45, 7) is 1.55. The van der Waals surface area contributed by atoms with E-state index in [1.54, 1.807) is 19.1 Å². The second-order valence-electron chi connectivity index (χ2n) is 4.66. The van der Waals surface area contributed by atoms with Gasteiger partial charge in [0.1, 0.15) is 5.69 Å². The van der Waals surface area contributed by atoms with E-state index in [1.165, 1.54) is 14.2 Å². The normalized spacial score (nSPS) is 11.7. The maximum absolute atomic E-state index is 11.5. The molecule has 0 aliphatic heterocycles. The molecule has 0 aliphatic carbocycles. The van der Waals surface area contributed by atoms with Gasteiger partial charge in [-0.15, -0.1) is 0 Å². The topological polar surface area (TPSA) is 129 Å². The summed E-state index contributed by atoms with van der Waals surface area (Å²) in [7, 11) is 2.71. The van der Waals surface area contributed by atoms with Gasteiger partial charge in [0.15, 0.2) is 23.3 Å². The molecule has 1 aromatic carbocycles. The first-order valence-electron chi connectivity index (χ1n) is 6.72. The van der Waals surface area contributed by atoms with E-state index in [1.807, 2.05) is 0 Å². The van der Waals surface area contributed by atoms with Gasteiger partial charge in [0.05, 0.1) is 18.7 Å². The van der Waals surface area contributed by atoms with E-state index >= 15 is 0 Å². The maximum atomic E-state index is 11.5. The SMILES string of the molecule is COC(=O)C(C)Oc1c(Br)cc(-c2n[nH]nc2C(N)=O)cc1OC. The molecule has 0 bridgehead atoms. The van der Waals surface area contributed by atoms with E-state index in [2.05, 4.69) is 36.1 Å². The summed E-state index contributed by atoms with van der Waals surface area (Å²) in [5, 5.41) is 10.0. The van der Waals surface area contributed by atoms with Gasteiger partial charge in [-0.3, -0.25) is 4.79 Å². The van der Waals surface area contributed by atoms with Gasteiger partial charge >= 0.3 is 5.97 Å². The minimum absolute atomic E-state index is 0.000509. The smallest absolute Gasteiger partial charge is 0.346 e. The number of hydrogen-bond donors (Lipinski definition) is 2. The second-order valence-corrected chi connectivity index (χ2v) is 5.51. The average molecular weight is 399 g/mol. The molecule has 0 fully saturated rings. The third kappa shape index (κ3) is 3.48. The molecule has 2 aromatic rings. The Morgan fingerprint density at radius 2 is 2.00 bits per heavy atom. The number of carbonyl (C=O) groups excluding carboxylic acids is 2. The highest BCUT2D eigenvalue weighted by molar-refractivity contribution is 9.10. The Morgan fingerprint density at radius 1 is 1.29 bits per heavy atom. The first-order chi connectivity index (χ1) is 11.4. The van der Waals surface area contributed by atoms with Gasteiger partial charge in [-0.2, -0.15) is 15.4 Å². The summed E-state index contributed by atoms with van der Waals surface area (Å²) >= 11 is 3.35. The van der Waals surface area contributed by atoms with Gasteiger partial charge in [0.2, 0.25) is 0 Å². The molecule has 2 rings (SSSR count). The third-order valence-electron chi connectivity index (χ3n) is 3.11. The van der Waals surface area contributed by atoms with Crippen LogP contribution in [-0.4, -0.2) is 47.6 Å². The summed E-state index contributed by atoms with van der Waals surface area (Å²) < 4.78 is 16.0. The molecule has 1 aromatic heterocycles. The van der Waals surface area contributed by atoms with Crippen molar-refractivity contribution in [2.45, 2.75) is 13.0 Å². The Hall–Kier alpha value is -2.62. The van der Waals surface area contributed by atoms with Crippen LogP contribution in [0.15, 0.2) is 16.6 Å². The van der Waals surface area contributed by atoms with Gasteiger partial charge in [-0.1, -0.05) is 0 Å². The zero-order valence-corrected chi connectivity index (χ0v) is 14.7. The molecule has 3 N–H and O–H groups in total. The number of amides is 1. The summed E-state index contributed by atoms with van der Waals surface area (Å²) in [5.41, 5.74) is 6.07. The summed E-state index contributed by atoms with van der Waals surface area (Å²) in [5.74, 6) is -0.606.